The molecule has 0 bridgehead atoms. The van der Waals surface area contributed by atoms with E-state index in [9.17, 15) is 29.1 Å². The van der Waals surface area contributed by atoms with Gasteiger partial charge < -0.3 is 26.2 Å². The number of hydrogen-bond donors (Lipinski definition) is 6. The molecule has 45 heavy (non-hydrogen) atoms. The maximum Gasteiger partial charge on any atom is 0.413 e. The topological polar surface area (TPSA) is 204 Å². The fraction of sp³-hybridized carbons (Fsp3) is 0.250. The average molecular weight is 615 g/mol. The number of rotatable bonds is 10. The van der Waals surface area contributed by atoms with E-state index in [1.54, 1.807) is 48.5 Å². The van der Waals surface area contributed by atoms with Crippen molar-refractivity contribution in [2.75, 3.05) is 6.54 Å². The smallest absolute Gasteiger partial charge is 0.413 e. The Labute approximate surface area is 259 Å². The first kappa shape index (κ1) is 32.2. The predicted octanol–water partition coefficient (Wildman–Crippen LogP) is 2.69. The Hall–Kier alpha value is -5.72. The highest BCUT2D eigenvalue weighted by Crippen LogP contribution is 2.32. The maximum atomic E-state index is 13.1. The lowest BCUT2D eigenvalue weighted by molar-refractivity contribution is -0.130. The number of alkyl carbamates (subject to hydrolysis) is 1. The molecule has 0 aliphatic carbocycles. The van der Waals surface area contributed by atoms with Crippen molar-refractivity contribution in [1.29, 1.82) is 5.41 Å². The van der Waals surface area contributed by atoms with Crippen molar-refractivity contribution in [3.05, 3.63) is 107 Å². The average Bonchev–Trinajstić information content (AvgIpc) is 3.50. The van der Waals surface area contributed by atoms with Gasteiger partial charge in [-0.05, 0) is 42.2 Å². The van der Waals surface area contributed by atoms with Crippen LogP contribution >= 0.6 is 0 Å². The Balaban J connectivity index is 1.25. The van der Waals surface area contributed by atoms with Crippen LogP contribution in [0, 0.1) is 5.41 Å². The molecule has 1 aliphatic rings. The van der Waals surface area contributed by atoms with Crippen LogP contribution in [0.5, 0.6) is 0 Å². The third-order valence-electron chi connectivity index (χ3n) is 7.39. The Morgan fingerprint density at radius 3 is 2.36 bits per heavy atom. The summed E-state index contributed by atoms with van der Waals surface area (Å²) in [6.07, 6.45) is -1.85. The molecule has 1 fully saturated rings. The zero-order valence-electron chi connectivity index (χ0n) is 24.5. The molecule has 7 N–H and O–H groups in total. The number of carboxylic acid groups (broad SMARTS) is 1. The Bertz CT molecular complexity index is 1580. The molecule has 13 nitrogen and oxygen atoms in total. The lowest BCUT2D eigenvalue weighted by Gasteiger charge is -2.22. The number of likely N-dealkylation sites (tertiary alicyclic amines) is 1. The Morgan fingerprint density at radius 1 is 0.978 bits per heavy atom. The first-order valence-electron chi connectivity index (χ1n) is 14.1. The molecule has 1 saturated heterocycles. The highest BCUT2D eigenvalue weighted by Gasteiger charge is 2.41. The van der Waals surface area contributed by atoms with Gasteiger partial charge in [-0.1, -0.05) is 66.7 Å². The summed E-state index contributed by atoms with van der Waals surface area (Å²) < 4.78 is 5.13. The van der Waals surface area contributed by atoms with E-state index < -0.39 is 42.0 Å². The zero-order chi connectivity index (χ0) is 32.5. The molecule has 0 spiro atoms. The fourth-order valence-electron chi connectivity index (χ4n) is 4.92. The van der Waals surface area contributed by atoms with E-state index in [0.717, 1.165) is 10.5 Å². The first-order chi connectivity index (χ1) is 21.5. The number of amidine groups is 1. The molecule has 0 unspecified atom stereocenters. The van der Waals surface area contributed by atoms with Gasteiger partial charge in [0.25, 0.3) is 0 Å². The normalized spacial score (nSPS) is 16.2. The van der Waals surface area contributed by atoms with Crippen LogP contribution in [0.2, 0.25) is 0 Å². The largest absolute Gasteiger partial charge is 0.465 e. The van der Waals surface area contributed by atoms with Crippen molar-refractivity contribution in [2.45, 2.75) is 44.5 Å². The molecule has 5 amide bonds. The first-order valence-corrected chi connectivity index (χ1v) is 14.1. The number of nitrogens with one attached hydrogen (secondary N) is 4. The van der Waals surface area contributed by atoms with Crippen LogP contribution < -0.4 is 21.7 Å². The van der Waals surface area contributed by atoms with E-state index in [1.165, 1.54) is 6.92 Å². The Morgan fingerprint density at radius 2 is 1.69 bits per heavy atom. The van der Waals surface area contributed by atoms with Crippen LogP contribution in [-0.4, -0.2) is 64.4 Å². The highest BCUT2D eigenvalue weighted by atomic mass is 16.5. The van der Waals surface area contributed by atoms with E-state index in [-0.39, 0.29) is 43.4 Å². The highest BCUT2D eigenvalue weighted by molar-refractivity contribution is 6.04. The summed E-state index contributed by atoms with van der Waals surface area (Å²) >= 11 is 0. The monoisotopic (exact) mass is 614 g/mol. The van der Waals surface area contributed by atoms with Crippen LogP contribution in [0.15, 0.2) is 78.9 Å². The number of amides is 5. The molecule has 0 radical (unpaired) electrons. The van der Waals surface area contributed by atoms with Crippen molar-refractivity contribution in [2.24, 2.45) is 5.73 Å². The lowest BCUT2D eigenvalue weighted by atomic mass is 9.94. The summed E-state index contributed by atoms with van der Waals surface area (Å²) in [6, 6.07) is 20.3. The minimum absolute atomic E-state index is 0.0497. The van der Waals surface area contributed by atoms with Gasteiger partial charge in [-0.25, -0.2) is 9.59 Å². The summed E-state index contributed by atoms with van der Waals surface area (Å²) in [4.78, 5) is 62.3. The second-order valence-electron chi connectivity index (χ2n) is 10.6. The molecule has 0 aromatic heterocycles. The van der Waals surface area contributed by atoms with Crippen molar-refractivity contribution >= 4 is 35.7 Å². The number of primary amides is 1. The zero-order valence-corrected chi connectivity index (χ0v) is 24.5. The second kappa shape index (κ2) is 14.6. The SMILES string of the molecule is C[C@H](NC(=O)[C@H]1C[C@@H](c2cccc(C(N)=O)c2)CN1C(=O)O)C(=O)NCc1ccc(C(=N)NC(=O)OCc2ccccc2)cc1. The minimum Gasteiger partial charge on any atom is -0.465 e. The van der Waals surface area contributed by atoms with E-state index >= 15 is 0 Å². The second-order valence-corrected chi connectivity index (χ2v) is 10.6. The summed E-state index contributed by atoms with van der Waals surface area (Å²) in [5, 5.41) is 25.5. The van der Waals surface area contributed by atoms with Gasteiger partial charge in [0.15, 0.2) is 0 Å². The van der Waals surface area contributed by atoms with Crippen LogP contribution in [-0.2, 0) is 27.5 Å². The number of benzene rings is 3. The maximum absolute atomic E-state index is 13.1. The van der Waals surface area contributed by atoms with Gasteiger partial charge in [0, 0.05) is 30.1 Å². The molecular weight excluding hydrogens is 580 g/mol. The molecule has 3 atom stereocenters. The minimum atomic E-state index is -1.27. The van der Waals surface area contributed by atoms with Crippen molar-refractivity contribution < 1.29 is 33.8 Å². The number of hydrogen-bond acceptors (Lipinski definition) is 7. The van der Waals surface area contributed by atoms with Gasteiger partial charge in [0.05, 0.1) is 0 Å². The molecule has 4 rings (SSSR count). The standard InChI is InChI=1S/C32H34N6O7/c1-19(36-30(41)26-15-25(17-38(26)32(43)44)23-8-5-9-24(14-23)28(34)39)29(40)35-16-20-10-12-22(13-11-20)27(33)37-31(42)45-18-21-6-3-2-4-7-21/h2-14,19,25-26H,15-18H2,1H3,(H2,34,39)(H,35,40)(H,36,41)(H,43,44)(H2,33,37,42)/t19-,25+,26+/m0/s1. The van der Waals surface area contributed by atoms with Crippen LogP contribution in [0.25, 0.3) is 0 Å². The van der Waals surface area contributed by atoms with E-state index in [1.807, 2.05) is 30.3 Å². The number of nitrogens with two attached hydrogens (primary N) is 1. The Kier molecular flexibility index (Phi) is 10.5. The molecule has 13 heteroatoms. The summed E-state index contributed by atoms with van der Waals surface area (Å²) in [5.74, 6) is -2.17. The van der Waals surface area contributed by atoms with Crippen molar-refractivity contribution in [3.8, 4) is 0 Å². The quantitative estimate of drug-likeness (QED) is 0.149. The molecule has 1 heterocycles. The molecule has 3 aromatic carbocycles. The number of ether oxygens (including phenoxy) is 1. The number of carbonyl (C=O) groups is 5. The van der Waals surface area contributed by atoms with E-state index in [4.69, 9.17) is 15.9 Å². The molecule has 3 aromatic rings. The third-order valence-corrected chi connectivity index (χ3v) is 7.39. The molecular formula is C32H34N6O7. The lowest BCUT2D eigenvalue weighted by Crippen LogP contribution is -2.51. The summed E-state index contributed by atoms with van der Waals surface area (Å²) in [5.41, 5.74) is 8.30. The van der Waals surface area contributed by atoms with Crippen LogP contribution in [0.4, 0.5) is 9.59 Å². The van der Waals surface area contributed by atoms with Crippen LogP contribution in [0.1, 0.15) is 51.9 Å². The van der Waals surface area contributed by atoms with Crippen molar-refractivity contribution in [1.82, 2.24) is 20.9 Å². The van der Waals surface area contributed by atoms with Gasteiger partial charge in [0.2, 0.25) is 17.7 Å². The summed E-state index contributed by atoms with van der Waals surface area (Å²) in [6.45, 7) is 1.74. The fourth-order valence-corrected chi connectivity index (χ4v) is 4.92. The molecule has 0 saturated carbocycles. The van der Waals surface area contributed by atoms with Gasteiger partial charge in [-0.3, -0.25) is 30.0 Å². The van der Waals surface area contributed by atoms with Gasteiger partial charge in [-0.2, -0.15) is 0 Å². The molecule has 234 valence electrons. The van der Waals surface area contributed by atoms with E-state index in [0.29, 0.717) is 16.7 Å². The third kappa shape index (κ3) is 8.66. The summed E-state index contributed by atoms with van der Waals surface area (Å²) in [7, 11) is 0. The predicted molar refractivity (Wildman–Crippen MR) is 163 cm³/mol. The number of nitrogens with zero attached hydrogens (tertiary/aromatic N) is 1. The van der Waals surface area contributed by atoms with Crippen LogP contribution in [0.3, 0.4) is 0 Å². The molecule has 1 aliphatic heterocycles. The van der Waals surface area contributed by atoms with Crippen molar-refractivity contribution in [3.63, 3.8) is 0 Å². The van der Waals surface area contributed by atoms with E-state index in [2.05, 4.69) is 16.0 Å². The van der Waals surface area contributed by atoms with Gasteiger partial charge in [0.1, 0.15) is 24.5 Å². The van der Waals surface area contributed by atoms with Gasteiger partial charge in [-0.15, -0.1) is 0 Å². The number of carbonyl (C=O) groups excluding carboxylic acids is 4. The van der Waals surface area contributed by atoms with Gasteiger partial charge >= 0.3 is 12.2 Å².